The first-order valence-corrected chi connectivity index (χ1v) is 9.56. The molecule has 150 valence electrons. The van der Waals surface area contributed by atoms with Crippen LogP contribution in [0.5, 0.6) is 0 Å². The van der Waals surface area contributed by atoms with Crippen molar-refractivity contribution in [1.82, 2.24) is 20.9 Å². The zero-order valence-corrected chi connectivity index (χ0v) is 16.5. The number of urea groups is 1. The Hall–Kier alpha value is -2.15. The molecular formula is C20H31FN4O2. The van der Waals surface area contributed by atoms with Crippen LogP contribution in [0.4, 0.5) is 9.18 Å². The van der Waals surface area contributed by atoms with E-state index in [2.05, 4.69) is 41.6 Å². The fourth-order valence-electron chi connectivity index (χ4n) is 3.02. The molecule has 1 atom stereocenters. The van der Waals surface area contributed by atoms with Crippen molar-refractivity contribution in [2.24, 2.45) is 5.41 Å². The van der Waals surface area contributed by atoms with Gasteiger partial charge in [-0.05, 0) is 55.6 Å². The van der Waals surface area contributed by atoms with Gasteiger partial charge in [0, 0.05) is 31.2 Å². The van der Waals surface area contributed by atoms with Crippen molar-refractivity contribution in [1.29, 1.82) is 0 Å². The normalized spacial score (nSPS) is 16.0. The molecule has 1 aliphatic rings. The van der Waals surface area contributed by atoms with Crippen LogP contribution < -0.4 is 16.0 Å². The molecule has 0 aromatic heterocycles. The number of rotatable bonds is 7. The second kappa shape index (κ2) is 9.69. The van der Waals surface area contributed by atoms with E-state index in [-0.39, 0.29) is 29.2 Å². The van der Waals surface area contributed by atoms with Crippen LogP contribution in [0.1, 0.15) is 44.0 Å². The zero-order valence-electron chi connectivity index (χ0n) is 16.5. The Morgan fingerprint density at radius 3 is 2.26 bits per heavy atom. The Morgan fingerprint density at radius 2 is 1.67 bits per heavy atom. The fraction of sp³-hybridized carbons (Fsp3) is 0.600. The van der Waals surface area contributed by atoms with Gasteiger partial charge in [-0.25, -0.2) is 9.18 Å². The molecule has 6 nitrogen and oxygen atoms in total. The van der Waals surface area contributed by atoms with E-state index < -0.39 is 0 Å². The van der Waals surface area contributed by atoms with Gasteiger partial charge in [0.2, 0.25) is 0 Å². The molecule has 7 heteroatoms. The summed E-state index contributed by atoms with van der Waals surface area (Å²) in [6.07, 6.45) is 2.44. The van der Waals surface area contributed by atoms with Gasteiger partial charge in [-0.2, -0.15) is 0 Å². The van der Waals surface area contributed by atoms with Gasteiger partial charge in [0.05, 0.1) is 0 Å². The number of hydrogen-bond acceptors (Lipinski definition) is 3. The average molecular weight is 378 g/mol. The highest BCUT2D eigenvalue weighted by Gasteiger charge is 2.29. The monoisotopic (exact) mass is 378 g/mol. The van der Waals surface area contributed by atoms with E-state index in [0.29, 0.717) is 18.7 Å². The first-order chi connectivity index (χ1) is 12.8. The Bertz CT molecular complexity index is 622. The molecule has 1 aliphatic heterocycles. The predicted octanol–water partition coefficient (Wildman–Crippen LogP) is 2.37. The molecule has 27 heavy (non-hydrogen) atoms. The number of carbonyl (C=O) groups is 2. The first kappa shape index (κ1) is 21.2. The van der Waals surface area contributed by atoms with E-state index in [1.807, 2.05) is 0 Å². The molecule has 1 saturated heterocycles. The average Bonchev–Trinajstić information content (AvgIpc) is 3.11. The van der Waals surface area contributed by atoms with Gasteiger partial charge in [-0.3, -0.25) is 4.79 Å². The number of benzene rings is 1. The number of halogens is 1. The Morgan fingerprint density at radius 1 is 1.07 bits per heavy atom. The van der Waals surface area contributed by atoms with E-state index in [1.54, 1.807) is 0 Å². The van der Waals surface area contributed by atoms with Crippen molar-refractivity contribution < 1.29 is 14.0 Å². The Labute approximate surface area is 160 Å². The maximum Gasteiger partial charge on any atom is 0.315 e. The summed E-state index contributed by atoms with van der Waals surface area (Å²) in [6, 6.07) is 5.16. The molecule has 0 spiro atoms. The second-order valence-electron chi connectivity index (χ2n) is 8.09. The number of likely N-dealkylation sites (tertiary alicyclic amines) is 1. The SMILES string of the molecule is CC(C)(C)C(CN1CCCC1)NC(=O)NCCNC(=O)c1ccc(F)cc1. The van der Waals surface area contributed by atoms with Crippen LogP contribution in [-0.4, -0.2) is 55.6 Å². The van der Waals surface area contributed by atoms with E-state index in [9.17, 15) is 14.0 Å². The smallest absolute Gasteiger partial charge is 0.315 e. The molecular weight excluding hydrogens is 347 g/mol. The van der Waals surface area contributed by atoms with E-state index in [4.69, 9.17) is 0 Å². The van der Waals surface area contributed by atoms with Gasteiger partial charge in [0.25, 0.3) is 5.91 Å². The lowest BCUT2D eigenvalue weighted by Gasteiger charge is -2.34. The number of carbonyl (C=O) groups excluding carboxylic acids is 2. The summed E-state index contributed by atoms with van der Waals surface area (Å²) in [7, 11) is 0. The summed E-state index contributed by atoms with van der Waals surface area (Å²) >= 11 is 0. The summed E-state index contributed by atoms with van der Waals surface area (Å²) in [5.74, 6) is -0.675. The van der Waals surface area contributed by atoms with Gasteiger partial charge < -0.3 is 20.9 Å². The molecule has 2 rings (SSSR count). The molecule has 3 amide bonds. The van der Waals surface area contributed by atoms with Crippen molar-refractivity contribution in [3.05, 3.63) is 35.6 Å². The highest BCUT2D eigenvalue weighted by Crippen LogP contribution is 2.21. The van der Waals surface area contributed by atoms with E-state index in [1.165, 1.54) is 37.1 Å². The van der Waals surface area contributed by atoms with Crippen molar-refractivity contribution >= 4 is 11.9 Å². The summed E-state index contributed by atoms with van der Waals surface area (Å²) in [5.41, 5.74) is 0.343. The first-order valence-electron chi connectivity index (χ1n) is 9.56. The van der Waals surface area contributed by atoms with Crippen LogP contribution in [-0.2, 0) is 0 Å². The van der Waals surface area contributed by atoms with Crippen LogP contribution in [0.3, 0.4) is 0 Å². The van der Waals surface area contributed by atoms with E-state index in [0.717, 1.165) is 19.6 Å². The number of nitrogens with zero attached hydrogens (tertiary/aromatic N) is 1. The van der Waals surface area contributed by atoms with Crippen molar-refractivity contribution in [2.45, 2.75) is 39.7 Å². The molecule has 1 aromatic carbocycles. The van der Waals surface area contributed by atoms with Crippen LogP contribution in [0.15, 0.2) is 24.3 Å². The topological polar surface area (TPSA) is 73.5 Å². The molecule has 0 bridgehead atoms. The number of nitrogens with one attached hydrogen (secondary N) is 3. The van der Waals surface area contributed by atoms with Crippen LogP contribution in [0.25, 0.3) is 0 Å². The standard InChI is InChI=1S/C20H31FN4O2/c1-20(2,3)17(14-25-12-4-5-13-25)24-19(27)23-11-10-22-18(26)15-6-8-16(21)9-7-15/h6-9,17H,4-5,10-14H2,1-3H3,(H,22,26)(H2,23,24,27). The predicted molar refractivity (Wildman–Crippen MR) is 104 cm³/mol. The lowest BCUT2D eigenvalue weighted by molar-refractivity contribution is 0.0953. The number of amides is 3. The second-order valence-corrected chi connectivity index (χ2v) is 8.09. The maximum absolute atomic E-state index is 12.9. The molecule has 3 N–H and O–H groups in total. The lowest BCUT2D eigenvalue weighted by Crippen LogP contribution is -2.53. The molecule has 1 unspecified atom stereocenters. The largest absolute Gasteiger partial charge is 0.350 e. The minimum Gasteiger partial charge on any atom is -0.350 e. The summed E-state index contributed by atoms with van der Waals surface area (Å²) in [5, 5.41) is 8.55. The maximum atomic E-state index is 12.9. The molecule has 1 heterocycles. The lowest BCUT2D eigenvalue weighted by atomic mass is 9.86. The van der Waals surface area contributed by atoms with Gasteiger partial charge in [-0.15, -0.1) is 0 Å². The minimum absolute atomic E-state index is 0.0449. The third kappa shape index (κ3) is 7.17. The van der Waals surface area contributed by atoms with Crippen LogP contribution >= 0.6 is 0 Å². The minimum atomic E-state index is -0.382. The number of hydrogen-bond donors (Lipinski definition) is 3. The molecule has 1 aromatic rings. The van der Waals surface area contributed by atoms with Gasteiger partial charge >= 0.3 is 6.03 Å². The quantitative estimate of drug-likeness (QED) is 0.638. The third-order valence-electron chi connectivity index (χ3n) is 4.79. The molecule has 0 aliphatic carbocycles. The summed E-state index contributed by atoms with van der Waals surface area (Å²) in [4.78, 5) is 26.6. The summed E-state index contributed by atoms with van der Waals surface area (Å²) in [6.45, 7) is 10.0. The van der Waals surface area contributed by atoms with Crippen molar-refractivity contribution in [3.63, 3.8) is 0 Å². The zero-order chi connectivity index (χ0) is 19.9. The molecule has 0 radical (unpaired) electrons. The fourth-order valence-corrected chi connectivity index (χ4v) is 3.02. The molecule has 0 saturated carbocycles. The summed E-state index contributed by atoms with van der Waals surface area (Å²) < 4.78 is 12.9. The van der Waals surface area contributed by atoms with Gasteiger partial charge in [0.1, 0.15) is 5.82 Å². The van der Waals surface area contributed by atoms with Gasteiger partial charge in [0.15, 0.2) is 0 Å². The molecule has 1 fully saturated rings. The third-order valence-corrected chi connectivity index (χ3v) is 4.79. The van der Waals surface area contributed by atoms with Crippen molar-refractivity contribution in [3.8, 4) is 0 Å². The Kier molecular flexibility index (Phi) is 7.59. The highest BCUT2D eigenvalue weighted by atomic mass is 19.1. The Balaban J connectivity index is 1.71. The van der Waals surface area contributed by atoms with Crippen LogP contribution in [0, 0.1) is 11.2 Å². The van der Waals surface area contributed by atoms with E-state index >= 15 is 0 Å². The van der Waals surface area contributed by atoms with Gasteiger partial charge in [-0.1, -0.05) is 20.8 Å². The van der Waals surface area contributed by atoms with Crippen molar-refractivity contribution in [2.75, 3.05) is 32.7 Å². The highest BCUT2D eigenvalue weighted by molar-refractivity contribution is 5.94. The van der Waals surface area contributed by atoms with Crippen LogP contribution in [0.2, 0.25) is 0 Å².